The summed E-state index contributed by atoms with van der Waals surface area (Å²) in [5.74, 6) is -0.267. The van der Waals surface area contributed by atoms with Gasteiger partial charge in [-0.2, -0.15) is 0 Å². The molecule has 1 heterocycles. The Morgan fingerprint density at radius 2 is 2.00 bits per heavy atom. The van der Waals surface area contributed by atoms with Gasteiger partial charge in [-0.1, -0.05) is 54.1 Å². The van der Waals surface area contributed by atoms with E-state index in [1.165, 1.54) is 11.3 Å². The second kappa shape index (κ2) is 7.60. The highest BCUT2D eigenvalue weighted by Crippen LogP contribution is 2.24. The Balaban J connectivity index is 1.64. The van der Waals surface area contributed by atoms with E-state index in [4.69, 9.17) is 11.6 Å². The summed E-state index contributed by atoms with van der Waals surface area (Å²) >= 11 is 7.50. The van der Waals surface area contributed by atoms with E-state index in [1.807, 2.05) is 61.5 Å². The van der Waals surface area contributed by atoms with Crippen molar-refractivity contribution in [3.05, 3.63) is 81.8 Å². The predicted molar refractivity (Wildman–Crippen MR) is 99.9 cm³/mol. The summed E-state index contributed by atoms with van der Waals surface area (Å²) in [5, 5.41) is 4.25. The standard InChI is InChI=1S/C19H17ClN2OS/c1-13(15-7-3-2-4-8-15)18(23)22-19-21-12-17(24-19)11-14-6-5-9-16(20)10-14/h2-10,12-13H,11H2,1H3,(H,21,22,23). The van der Waals surface area contributed by atoms with Crippen molar-refractivity contribution >= 4 is 34.0 Å². The molecule has 3 nitrogen and oxygen atoms in total. The fourth-order valence-corrected chi connectivity index (χ4v) is 3.46. The number of hydrogen-bond donors (Lipinski definition) is 1. The minimum Gasteiger partial charge on any atom is -0.301 e. The first-order valence-electron chi connectivity index (χ1n) is 7.67. The van der Waals surface area contributed by atoms with Crippen LogP contribution in [0.4, 0.5) is 5.13 Å². The minimum absolute atomic E-state index is 0.0511. The van der Waals surface area contributed by atoms with Crippen molar-refractivity contribution < 1.29 is 4.79 Å². The molecule has 0 radical (unpaired) electrons. The Morgan fingerprint density at radius 3 is 2.75 bits per heavy atom. The fraction of sp³-hybridized carbons (Fsp3) is 0.158. The molecule has 5 heteroatoms. The molecule has 1 aromatic heterocycles. The third-order valence-electron chi connectivity index (χ3n) is 3.74. The number of carbonyl (C=O) groups is 1. The molecule has 1 amide bonds. The van der Waals surface area contributed by atoms with Gasteiger partial charge >= 0.3 is 0 Å². The average Bonchev–Trinajstić information content (AvgIpc) is 3.02. The molecule has 3 aromatic rings. The zero-order valence-electron chi connectivity index (χ0n) is 13.2. The van der Waals surface area contributed by atoms with Crippen molar-refractivity contribution in [1.29, 1.82) is 0 Å². The topological polar surface area (TPSA) is 42.0 Å². The number of aromatic nitrogens is 1. The highest BCUT2D eigenvalue weighted by atomic mass is 35.5. The number of hydrogen-bond acceptors (Lipinski definition) is 3. The lowest BCUT2D eigenvalue weighted by atomic mass is 10.0. The smallest absolute Gasteiger partial charge is 0.233 e. The van der Waals surface area contributed by atoms with E-state index in [2.05, 4.69) is 10.3 Å². The molecule has 0 saturated carbocycles. The summed E-state index contributed by atoms with van der Waals surface area (Å²) in [6, 6.07) is 17.5. The number of nitrogens with one attached hydrogen (secondary N) is 1. The van der Waals surface area contributed by atoms with Gasteiger partial charge in [0.15, 0.2) is 5.13 Å². The molecule has 122 valence electrons. The number of halogens is 1. The van der Waals surface area contributed by atoms with Crippen LogP contribution in [0.1, 0.15) is 28.8 Å². The average molecular weight is 357 g/mol. The highest BCUT2D eigenvalue weighted by molar-refractivity contribution is 7.15. The van der Waals surface area contributed by atoms with Gasteiger partial charge in [-0.15, -0.1) is 11.3 Å². The first-order chi connectivity index (χ1) is 11.6. The van der Waals surface area contributed by atoms with E-state index in [1.54, 1.807) is 6.20 Å². The van der Waals surface area contributed by atoms with Gasteiger partial charge in [0.2, 0.25) is 5.91 Å². The van der Waals surface area contributed by atoms with Crippen molar-refractivity contribution in [2.75, 3.05) is 5.32 Å². The number of thiazole rings is 1. The van der Waals surface area contributed by atoms with E-state index in [0.717, 1.165) is 27.4 Å². The molecule has 2 aromatic carbocycles. The maximum Gasteiger partial charge on any atom is 0.233 e. The monoisotopic (exact) mass is 356 g/mol. The zero-order valence-corrected chi connectivity index (χ0v) is 14.8. The fourth-order valence-electron chi connectivity index (χ4n) is 2.40. The number of carbonyl (C=O) groups excluding carboxylic acids is 1. The lowest BCUT2D eigenvalue weighted by Crippen LogP contribution is -2.18. The van der Waals surface area contributed by atoms with Gasteiger partial charge < -0.3 is 5.32 Å². The van der Waals surface area contributed by atoms with E-state index in [9.17, 15) is 4.79 Å². The second-order valence-corrected chi connectivity index (χ2v) is 7.11. The summed E-state index contributed by atoms with van der Waals surface area (Å²) < 4.78 is 0. The number of anilines is 1. The molecule has 1 atom stereocenters. The van der Waals surface area contributed by atoms with Crippen LogP contribution >= 0.6 is 22.9 Å². The first kappa shape index (κ1) is 16.7. The van der Waals surface area contributed by atoms with E-state index < -0.39 is 0 Å². The van der Waals surface area contributed by atoms with Crippen LogP contribution in [0.3, 0.4) is 0 Å². The Labute approximate surface area is 150 Å². The Bertz CT molecular complexity index is 832. The molecule has 0 spiro atoms. The molecule has 1 N–H and O–H groups in total. The summed E-state index contributed by atoms with van der Waals surface area (Å²) in [5.41, 5.74) is 2.12. The van der Waals surface area contributed by atoms with Crippen LogP contribution in [-0.2, 0) is 11.2 Å². The maximum absolute atomic E-state index is 12.4. The third-order valence-corrected chi connectivity index (χ3v) is 4.89. The van der Waals surface area contributed by atoms with Crippen LogP contribution in [0.5, 0.6) is 0 Å². The van der Waals surface area contributed by atoms with Gasteiger partial charge in [0, 0.05) is 22.5 Å². The maximum atomic E-state index is 12.4. The molecule has 0 aliphatic heterocycles. The number of benzene rings is 2. The number of rotatable bonds is 5. The van der Waals surface area contributed by atoms with Gasteiger partial charge in [0.05, 0.1) is 5.92 Å². The van der Waals surface area contributed by atoms with Gasteiger partial charge in [-0.05, 0) is 30.2 Å². The summed E-state index contributed by atoms with van der Waals surface area (Å²) in [7, 11) is 0. The van der Waals surface area contributed by atoms with Crippen molar-refractivity contribution in [3.63, 3.8) is 0 Å². The largest absolute Gasteiger partial charge is 0.301 e. The highest BCUT2D eigenvalue weighted by Gasteiger charge is 2.16. The van der Waals surface area contributed by atoms with Crippen LogP contribution in [-0.4, -0.2) is 10.9 Å². The number of amides is 1. The summed E-state index contributed by atoms with van der Waals surface area (Å²) in [6.45, 7) is 1.89. The molecule has 0 aliphatic carbocycles. The molecule has 24 heavy (non-hydrogen) atoms. The zero-order chi connectivity index (χ0) is 16.9. The molecule has 0 fully saturated rings. The van der Waals surface area contributed by atoms with Gasteiger partial charge in [-0.25, -0.2) is 4.98 Å². The lowest BCUT2D eigenvalue weighted by molar-refractivity contribution is -0.117. The van der Waals surface area contributed by atoms with Gasteiger partial charge in [0.25, 0.3) is 0 Å². The molecule has 3 rings (SSSR count). The molecule has 0 saturated heterocycles. The normalized spacial score (nSPS) is 11.9. The van der Waals surface area contributed by atoms with Crippen molar-refractivity contribution in [1.82, 2.24) is 4.98 Å². The summed E-state index contributed by atoms with van der Waals surface area (Å²) in [6.07, 6.45) is 2.55. The van der Waals surface area contributed by atoms with Crippen LogP contribution in [0.15, 0.2) is 60.8 Å². The third kappa shape index (κ3) is 4.22. The van der Waals surface area contributed by atoms with Crippen LogP contribution < -0.4 is 5.32 Å². The predicted octanol–water partition coefficient (Wildman–Crippen LogP) is 5.13. The van der Waals surface area contributed by atoms with Crippen LogP contribution in [0, 0.1) is 0 Å². The molecule has 0 bridgehead atoms. The van der Waals surface area contributed by atoms with Crippen LogP contribution in [0.25, 0.3) is 0 Å². The summed E-state index contributed by atoms with van der Waals surface area (Å²) in [4.78, 5) is 17.8. The minimum atomic E-state index is -0.216. The Hall–Kier alpha value is -2.17. The van der Waals surface area contributed by atoms with E-state index >= 15 is 0 Å². The first-order valence-corrected chi connectivity index (χ1v) is 8.86. The Kier molecular flexibility index (Phi) is 5.28. The van der Waals surface area contributed by atoms with Crippen molar-refractivity contribution in [2.45, 2.75) is 19.3 Å². The molecular formula is C19H17ClN2OS. The van der Waals surface area contributed by atoms with E-state index in [-0.39, 0.29) is 11.8 Å². The van der Waals surface area contributed by atoms with E-state index in [0.29, 0.717) is 5.13 Å². The second-order valence-electron chi connectivity index (χ2n) is 5.56. The number of nitrogens with zero attached hydrogens (tertiary/aromatic N) is 1. The van der Waals surface area contributed by atoms with Crippen molar-refractivity contribution in [2.24, 2.45) is 0 Å². The lowest BCUT2D eigenvalue weighted by Gasteiger charge is -2.10. The SMILES string of the molecule is CC(C(=O)Nc1ncc(Cc2cccc(Cl)c2)s1)c1ccccc1. The molecule has 1 unspecified atom stereocenters. The van der Waals surface area contributed by atoms with Gasteiger partial charge in [0.1, 0.15) is 0 Å². The molecule has 0 aliphatic rings. The van der Waals surface area contributed by atoms with Crippen molar-refractivity contribution in [3.8, 4) is 0 Å². The Morgan fingerprint density at radius 1 is 1.21 bits per heavy atom. The van der Waals surface area contributed by atoms with Gasteiger partial charge in [-0.3, -0.25) is 4.79 Å². The van der Waals surface area contributed by atoms with Crippen LogP contribution in [0.2, 0.25) is 5.02 Å². The quantitative estimate of drug-likeness (QED) is 0.688. The molecular weight excluding hydrogens is 340 g/mol.